The van der Waals surface area contributed by atoms with Gasteiger partial charge in [0.25, 0.3) is 5.22 Å². The largest absolute Gasteiger partial charge is 0.416 e. The smallest absolute Gasteiger partial charge is 0.276 e. The lowest BCUT2D eigenvalue weighted by Crippen LogP contribution is -1.83. The van der Waals surface area contributed by atoms with Crippen molar-refractivity contribution in [3.05, 3.63) is 34.4 Å². The second-order valence-electron chi connectivity index (χ2n) is 2.89. The van der Waals surface area contributed by atoms with Gasteiger partial charge >= 0.3 is 0 Å². The zero-order chi connectivity index (χ0) is 10.7. The highest BCUT2D eigenvalue weighted by atomic mass is 79.9. The van der Waals surface area contributed by atoms with Crippen molar-refractivity contribution in [2.45, 2.75) is 17.9 Å². The van der Waals surface area contributed by atoms with Gasteiger partial charge in [0.15, 0.2) is 0 Å². The van der Waals surface area contributed by atoms with E-state index in [1.165, 1.54) is 11.8 Å². The molecule has 0 aliphatic carbocycles. The van der Waals surface area contributed by atoms with Crippen molar-refractivity contribution in [2.24, 2.45) is 0 Å². The van der Waals surface area contributed by atoms with Crippen LogP contribution in [-0.4, -0.2) is 15.2 Å². The molecule has 0 fully saturated rings. The number of pyridine rings is 1. The standard InChI is InChI=1S/C9H8BrN3OS/c1-6-12-13-9(14-6)15-5-7-2-8(10)4-11-3-7/h2-4H,5H2,1H3. The molecule has 2 rings (SSSR count). The molecule has 0 N–H and O–H groups in total. The Morgan fingerprint density at radius 2 is 2.27 bits per heavy atom. The molecule has 0 atom stereocenters. The van der Waals surface area contributed by atoms with Gasteiger partial charge in [-0.15, -0.1) is 10.2 Å². The summed E-state index contributed by atoms with van der Waals surface area (Å²) in [6.07, 6.45) is 3.58. The van der Waals surface area contributed by atoms with E-state index in [4.69, 9.17) is 4.42 Å². The molecule has 0 radical (unpaired) electrons. The molecule has 0 aliphatic heterocycles. The molecule has 4 nitrogen and oxygen atoms in total. The maximum Gasteiger partial charge on any atom is 0.276 e. The zero-order valence-electron chi connectivity index (χ0n) is 7.98. The Hall–Kier alpha value is -0.880. The maximum atomic E-state index is 5.24. The quantitative estimate of drug-likeness (QED) is 0.812. The Bertz CT molecular complexity index is 460. The van der Waals surface area contributed by atoms with Gasteiger partial charge in [-0.3, -0.25) is 4.98 Å². The first-order valence-corrected chi connectivity index (χ1v) is 6.04. The van der Waals surface area contributed by atoms with Crippen molar-refractivity contribution in [1.29, 1.82) is 0 Å². The molecule has 0 aromatic carbocycles. The number of aryl methyl sites for hydroxylation is 1. The summed E-state index contributed by atoms with van der Waals surface area (Å²) in [5.41, 5.74) is 1.12. The summed E-state index contributed by atoms with van der Waals surface area (Å²) in [4.78, 5) is 4.07. The third kappa shape index (κ3) is 3.04. The van der Waals surface area contributed by atoms with E-state index in [-0.39, 0.29) is 0 Å². The lowest BCUT2D eigenvalue weighted by molar-refractivity contribution is 0.429. The van der Waals surface area contributed by atoms with Crippen molar-refractivity contribution in [2.75, 3.05) is 0 Å². The first-order valence-electron chi connectivity index (χ1n) is 4.26. The van der Waals surface area contributed by atoms with Gasteiger partial charge in [0.05, 0.1) is 0 Å². The van der Waals surface area contributed by atoms with Crippen LogP contribution >= 0.6 is 27.7 Å². The molecule has 78 valence electrons. The van der Waals surface area contributed by atoms with Crippen LogP contribution in [0.3, 0.4) is 0 Å². The van der Waals surface area contributed by atoms with Crippen molar-refractivity contribution < 1.29 is 4.42 Å². The van der Waals surface area contributed by atoms with Crippen LogP contribution in [0.1, 0.15) is 11.5 Å². The summed E-state index contributed by atoms with van der Waals surface area (Å²) in [6, 6.07) is 2.02. The van der Waals surface area contributed by atoms with E-state index >= 15 is 0 Å². The summed E-state index contributed by atoms with van der Waals surface area (Å²) in [7, 11) is 0. The maximum absolute atomic E-state index is 5.24. The molecule has 6 heteroatoms. The fourth-order valence-corrected chi connectivity index (χ4v) is 2.15. The molecule has 15 heavy (non-hydrogen) atoms. The van der Waals surface area contributed by atoms with E-state index in [1.54, 1.807) is 13.1 Å². The van der Waals surface area contributed by atoms with Crippen LogP contribution in [0.2, 0.25) is 0 Å². The van der Waals surface area contributed by atoms with Crippen LogP contribution in [0.15, 0.2) is 32.6 Å². The molecule has 0 bridgehead atoms. The topological polar surface area (TPSA) is 51.8 Å². The van der Waals surface area contributed by atoms with Crippen LogP contribution in [0.25, 0.3) is 0 Å². The van der Waals surface area contributed by atoms with Crippen LogP contribution < -0.4 is 0 Å². The lowest BCUT2D eigenvalue weighted by Gasteiger charge is -1.97. The highest BCUT2D eigenvalue weighted by molar-refractivity contribution is 9.10. The number of hydrogen-bond donors (Lipinski definition) is 0. The SMILES string of the molecule is Cc1nnc(SCc2cncc(Br)c2)o1. The Morgan fingerprint density at radius 1 is 1.40 bits per heavy atom. The highest BCUT2D eigenvalue weighted by Gasteiger charge is 2.03. The number of thioether (sulfide) groups is 1. The number of hydrogen-bond acceptors (Lipinski definition) is 5. The van der Waals surface area contributed by atoms with Gasteiger partial charge < -0.3 is 4.42 Å². The lowest BCUT2D eigenvalue weighted by atomic mass is 10.3. The van der Waals surface area contributed by atoms with Gasteiger partial charge in [0.2, 0.25) is 5.89 Å². The minimum absolute atomic E-state index is 0.588. The minimum atomic E-state index is 0.588. The van der Waals surface area contributed by atoms with Crippen LogP contribution in [0.4, 0.5) is 0 Å². The minimum Gasteiger partial charge on any atom is -0.416 e. The average molecular weight is 286 g/mol. The van der Waals surface area contributed by atoms with Gasteiger partial charge in [0.1, 0.15) is 0 Å². The summed E-state index contributed by atoms with van der Waals surface area (Å²) in [6.45, 7) is 1.78. The monoisotopic (exact) mass is 285 g/mol. The normalized spacial score (nSPS) is 10.5. The van der Waals surface area contributed by atoms with Gasteiger partial charge in [-0.1, -0.05) is 11.8 Å². The number of aromatic nitrogens is 3. The molecule has 2 aromatic heterocycles. The first kappa shape index (κ1) is 10.6. The van der Waals surface area contributed by atoms with Crippen LogP contribution in [0, 0.1) is 6.92 Å². The third-order valence-electron chi connectivity index (χ3n) is 1.63. The van der Waals surface area contributed by atoms with Gasteiger partial charge in [-0.25, -0.2) is 0 Å². The Kier molecular flexibility index (Phi) is 3.37. The van der Waals surface area contributed by atoms with E-state index < -0.39 is 0 Å². The number of rotatable bonds is 3. The van der Waals surface area contributed by atoms with Gasteiger partial charge in [-0.2, -0.15) is 0 Å². The molecule has 0 aliphatic rings. The Balaban J connectivity index is 1.99. The van der Waals surface area contributed by atoms with Crippen molar-refractivity contribution in [1.82, 2.24) is 15.2 Å². The second kappa shape index (κ2) is 4.76. The molecular formula is C9H8BrN3OS. The zero-order valence-corrected chi connectivity index (χ0v) is 10.4. The molecule has 0 unspecified atom stereocenters. The number of halogens is 1. The fraction of sp³-hybridized carbons (Fsp3) is 0.222. The first-order chi connectivity index (χ1) is 7.24. The predicted octanol–water partition coefficient (Wildman–Crippen LogP) is 2.83. The molecular weight excluding hydrogens is 278 g/mol. The van der Waals surface area contributed by atoms with E-state index in [0.29, 0.717) is 11.1 Å². The number of nitrogens with zero attached hydrogens (tertiary/aromatic N) is 3. The highest BCUT2D eigenvalue weighted by Crippen LogP contribution is 2.22. The Morgan fingerprint density at radius 3 is 2.93 bits per heavy atom. The third-order valence-corrected chi connectivity index (χ3v) is 2.95. The molecule has 0 amide bonds. The van der Waals surface area contributed by atoms with E-state index in [9.17, 15) is 0 Å². The van der Waals surface area contributed by atoms with Crippen LogP contribution in [0.5, 0.6) is 0 Å². The summed E-state index contributed by atoms with van der Waals surface area (Å²) < 4.78 is 6.22. The van der Waals surface area contributed by atoms with Gasteiger partial charge in [-0.05, 0) is 27.6 Å². The summed E-state index contributed by atoms with van der Waals surface area (Å²) in [5.74, 6) is 1.36. The average Bonchev–Trinajstić information content (AvgIpc) is 2.62. The fourth-order valence-electron chi connectivity index (χ4n) is 1.02. The molecule has 0 saturated heterocycles. The Labute approximate surface area is 99.6 Å². The predicted molar refractivity (Wildman–Crippen MR) is 60.5 cm³/mol. The van der Waals surface area contributed by atoms with Crippen molar-refractivity contribution in [3.8, 4) is 0 Å². The molecule has 2 aromatic rings. The molecule has 2 heterocycles. The molecule has 0 saturated carbocycles. The van der Waals surface area contributed by atoms with E-state index in [0.717, 1.165) is 15.8 Å². The van der Waals surface area contributed by atoms with Crippen LogP contribution in [-0.2, 0) is 5.75 Å². The van der Waals surface area contributed by atoms with Gasteiger partial charge in [0, 0.05) is 29.5 Å². The van der Waals surface area contributed by atoms with E-state index in [2.05, 4.69) is 31.1 Å². The summed E-state index contributed by atoms with van der Waals surface area (Å²) in [5, 5.41) is 8.24. The van der Waals surface area contributed by atoms with Crippen molar-refractivity contribution >= 4 is 27.7 Å². The van der Waals surface area contributed by atoms with Crippen molar-refractivity contribution in [3.63, 3.8) is 0 Å². The summed E-state index contributed by atoms with van der Waals surface area (Å²) >= 11 is 4.87. The second-order valence-corrected chi connectivity index (χ2v) is 4.73. The van der Waals surface area contributed by atoms with E-state index in [1.807, 2.05) is 12.3 Å². The molecule has 0 spiro atoms.